The Morgan fingerprint density at radius 1 is 1.19 bits per heavy atom. The summed E-state index contributed by atoms with van der Waals surface area (Å²) in [5.74, 6) is -0.0232. The van der Waals surface area contributed by atoms with E-state index in [-0.39, 0.29) is 0 Å². The van der Waals surface area contributed by atoms with Crippen LogP contribution in [0.4, 0.5) is 13.2 Å². The topological polar surface area (TPSA) is 60.9 Å². The number of hydrogen-bond donors (Lipinski definition) is 1. The van der Waals surface area contributed by atoms with Crippen LogP contribution in [0.15, 0.2) is 17.5 Å². The smallest absolute Gasteiger partial charge is 0.475 e. The summed E-state index contributed by atoms with van der Waals surface area (Å²) in [5.41, 5.74) is 0. The molecule has 2 saturated heterocycles. The molecule has 0 spiro atoms. The Balaban J connectivity index is 0.000000260. The fourth-order valence-electron chi connectivity index (χ4n) is 4.09. The van der Waals surface area contributed by atoms with E-state index >= 15 is 0 Å². The number of carbonyl (C=O) groups is 2. The maximum absolute atomic E-state index is 12.2. The van der Waals surface area contributed by atoms with Crippen molar-refractivity contribution < 1.29 is 27.9 Å². The molecule has 4 rings (SSSR count). The Labute approximate surface area is 159 Å². The Kier molecular flexibility index (Phi) is 6.10. The molecule has 3 aliphatic rings. The fourth-order valence-corrected chi connectivity index (χ4v) is 4.83. The van der Waals surface area contributed by atoms with Gasteiger partial charge < -0.3 is 10.0 Å². The minimum absolute atomic E-state index is 0.423. The van der Waals surface area contributed by atoms with E-state index in [1.807, 2.05) is 11.3 Å². The van der Waals surface area contributed by atoms with Crippen LogP contribution in [-0.2, 0) is 16.1 Å². The van der Waals surface area contributed by atoms with E-state index in [1.54, 1.807) is 0 Å². The molecule has 1 N–H and O–H groups in total. The van der Waals surface area contributed by atoms with Crippen LogP contribution < -0.4 is 0 Å². The molecular weight excluding hydrogens is 381 g/mol. The molecule has 0 radical (unpaired) electrons. The first-order valence-electron chi connectivity index (χ1n) is 9.08. The monoisotopic (exact) mass is 404 g/mol. The molecule has 1 unspecified atom stereocenters. The summed E-state index contributed by atoms with van der Waals surface area (Å²) in [6, 6.07) is 4.36. The van der Waals surface area contributed by atoms with E-state index < -0.39 is 12.1 Å². The van der Waals surface area contributed by atoms with Crippen LogP contribution in [0.5, 0.6) is 0 Å². The zero-order valence-corrected chi connectivity index (χ0v) is 15.6. The predicted octanol–water partition coefficient (Wildman–Crippen LogP) is 3.07. The number of aliphatic carboxylic acids is 1. The van der Waals surface area contributed by atoms with E-state index in [0.717, 1.165) is 37.9 Å². The summed E-state index contributed by atoms with van der Waals surface area (Å²) in [6.07, 6.45) is -1.85. The maximum Gasteiger partial charge on any atom is 0.490 e. The highest BCUT2D eigenvalue weighted by atomic mass is 32.1. The molecule has 9 heteroatoms. The lowest BCUT2D eigenvalue weighted by molar-refractivity contribution is -0.192. The highest BCUT2D eigenvalue weighted by Gasteiger charge is 2.55. The number of nitrogens with zero attached hydrogens (tertiary/aromatic N) is 2. The van der Waals surface area contributed by atoms with Gasteiger partial charge in [-0.25, -0.2) is 4.79 Å². The number of amides is 1. The van der Waals surface area contributed by atoms with Gasteiger partial charge in [0.25, 0.3) is 0 Å². The van der Waals surface area contributed by atoms with Crippen molar-refractivity contribution in [3.8, 4) is 0 Å². The second-order valence-electron chi connectivity index (χ2n) is 7.36. The van der Waals surface area contributed by atoms with Crippen molar-refractivity contribution in [2.24, 2.45) is 17.8 Å². The van der Waals surface area contributed by atoms with Crippen molar-refractivity contribution in [1.82, 2.24) is 9.80 Å². The number of fused-ring (bicyclic) bond motifs is 1. The first-order valence-corrected chi connectivity index (χ1v) is 9.96. The molecule has 150 valence electrons. The van der Waals surface area contributed by atoms with Crippen LogP contribution in [0.1, 0.15) is 24.1 Å². The molecule has 3 fully saturated rings. The highest BCUT2D eigenvalue weighted by molar-refractivity contribution is 7.09. The number of likely N-dealkylation sites (tertiary alicyclic amines) is 2. The molecule has 1 aromatic rings. The van der Waals surface area contributed by atoms with Gasteiger partial charge in [-0.15, -0.1) is 11.3 Å². The average molecular weight is 404 g/mol. The number of carboxylic acid groups (broad SMARTS) is 1. The summed E-state index contributed by atoms with van der Waals surface area (Å²) in [4.78, 5) is 27.2. The minimum Gasteiger partial charge on any atom is -0.475 e. The molecule has 3 atom stereocenters. The molecule has 5 nitrogen and oxygen atoms in total. The van der Waals surface area contributed by atoms with Gasteiger partial charge in [0, 0.05) is 44.0 Å². The normalized spacial score (nSPS) is 27.1. The van der Waals surface area contributed by atoms with Crippen LogP contribution in [0, 0.1) is 17.8 Å². The number of alkyl halides is 3. The molecule has 1 saturated carbocycles. The van der Waals surface area contributed by atoms with Gasteiger partial charge in [-0.3, -0.25) is 9.69 Å². The molecule has 1 amide bonds. The van der Waals surface area contributed by atoms with Gasteiger partial charge in [0.2, 0.25) is 5.91 Å². The molecule has 0 aromatic carbocycles. The summed E-state index contributed by atoms with van der Waals surface area (Å²) < 4.78 is 31.7. The summed E-state index contributed by atoms with van der Waals surface area (Å²) >= 11 is 1.85. The molecular formula is C18H23F3N2O3S. The summed E-state index contributed by atoms with van der Waals surface area (Å²) in [5, 5.41) is 9.28. The van der Waals surface area contributed by atoms with Gasteiger partial charge >= 0.3 is 12.1 Å². The van der Waals surface area contributed by atoms with Crippen LogP contribution in [0.2, 0.25) is 0 Å². The molecule has 27 heavy (non-hydrogen) atoms. The number of thiophene rings is 1. The SMILES string of the molecule is O=C(CC1[C@H]2CN(Cc3cccs3)C[C@@H]12)N1CCCC1.O=C(O)C(F)(F)F. The molecule has 0 bridgehead atoms. The van der Waals surface area contributed by atoms with Gasteiger partial charge in [-0.05, 0) is 42.0 Å². The third-order valence-corrected chi connectivity index (χ3v) is 6.38. The number of carboxylic acids is 1. The van der Waals surface area contributed by atoms with E-state index in [0.29, 0.717) is 11.8 Å². The third-order valence-electron chi connectivity index (χ3n) is 5.52. The Morgan fingerprint density at radius 2 is 1.78 bits per heavy atom. The zero-order valence-electron chi connectivity index (χ0n) is 14.8. The molecule has 1 aliphatic carbocycles. The van der Waals surface area contributed by atoms with Gasteiger partial charge in [0.15, 0.2) is 0 Å². The zero-order chi connectivity index (χ0) is 19.6. The fraction of sp³-hybridized carbons (Fsp3) is 0.667. The van der Waals surface area contributed by atoms with Crippen LogP contribution in [0.25, 0.3) is 0 Å². The summed E-state index contributed by atoms with van der Waals surface area (Å²) in [6.45, 7) is 5.54. The van der Waals surface area contributed by atoms with Crippen molar-refractivity contribution in [2.75, 3.05) is 26.2 Å². The van der Waals surface area contributed by atoms with Gasteiger partial charge in [0.05, 0.1) is 0 Å². The largest absolute Gasteiger partial charge is 0.490 e. The Bertz CT molecular complexity index is 647. The van der Waals surface area contributed by atoms with Crippen molar-refractivity contribution >= 4 is 23.2 Å². The lowest BCUT2D eigenvalue weighted by Gasteiger charge is -2.20. The number of rotatable bonds is 4. The third kappa shape index (κ3) is 5.22. The van der Waals surface area contributed by atoms with Crippen LogP contribution >= 0.6 is 11.3 Å². The average Bonchev–Trinajstić information content (AvgIpc) is 3.17. The first-order chi connectivity index (χ1) is 12.8. The van der Waals surface area contributed by atoms with Crippen molar-refractivity contribution in [2.45, 2.75) is 32.0 Å². The number of hydrogen-bond acceptors (Lipinski definition) is 4. The second kappa shape index (κ2) is 8.18. The quantitative estimate of drug-likeness (QED) is 0.838. The van der Waals surface area contributed by atoms with Crippen molar-refractivity contribution in [3.05, 3.63) is 22.4 Å². The first kappa shape index (κ1) is 20.1. The van der Waals surface area contributed by atoms with E-state index in [1.165, 1.54) is 30.8 Å². The highest BCUT2D eigenvalue weighted by Crippen LogP contribution is 2.54. The summed E-state index contributed by atoms with van der Waals surface area (Å²) in [7, 11) is 0. The molecule has 1 aromatic heterocycles. The number of piperidine rings is 1. The Hall–Kier alpha value is -1.61. The van der Waals surface area contributed by atoms with Crippen LogP contribution in [-0.4, -0.2) is 59.1 Å². The lowest BCUT2D eigenvalue weighted by atomic mass is 10.1. The van der Waals surface area contributed by atoms with Gasteiger partial charge in [-0.1, -0.05) is 6.07 Å². The maximum atomic E-state index is 12.2. The standard InChI is InChI=1S/C16H22N2OS.C2HF3O2/c19-16(18-5-1-2-6-18)8-13-14-10-17(11-15(13)14)9-12-4-3-7-20-12;3-2(4,5)1(6)7/h3-4,7,13-15H,1-2,5-6,8-11H2;(H,6,7)/t13?,14-,15+;. The van der Waals surface area contributed by atoms with Crippen molar-refractivity contribution in [1.29, 1.82) is 0 Å². The Morgan fingerprint density at radius 3 is 2.26 bits per heavy atom. The predicted molar refractivity (Wildman–Crippen MR) is 94.2 cm³/mol. The molecule has 2 aliphatic heterocycles. The minimum atomic E-state index is -5.08. The van der Waals surface area contributed by atoms with Crippen LogP contribution in [0.3, 0.4) is 0 Å². The number of carbonyl (C=O) groups excluding carboxylic acids is 1. The van der Waals surface area contributed by atoms with Gasteiger partial charge in [-0.2, -0.15) is 13.2 Å². The van der Waals surface area contributed by atoms with E-state index in [9.17, 15) is 18.0 Å². The lowest BCUT2D eigenvalue weighted by Crippen LogP contribution is -2.29. The van der Waals surface area contributed by atoms with E-state index in [2.05, 4.69) is 27.3 Å². The van der Waals surface area contributed by atoms with E-state index in [4.69, 9.17) is 9.90 Å². The molecule has 3 heterocycles. The second-order valence-corrected chi connectivity index (χ2v) is 8.39. The van der Waals surface area contributed by atoms with Gasteiger partial charge in [0.1, 0.15) is 0 Å². The number of halogens is 3. The van der Waals surface area contributed by atoms with Crippen molar-refractivity contribution in [3.63, 3.8) is 0 Å².